The topological polar surface area (TPSA) is 74.3 Å². The Morgan fingerprint density at radius 3 is 2.10 bits per heavy atom. The van der Waals surface area contributed by atoms with E-state index in [2.05, 4.69) is 24.9 Å². The van der Waals surface area contributed by atoms with Gasteiger partial charge in [-0.15, -0.1) is 10.2 Å². The summed E-state index contributed by atoms with van der Waals surface area (Å²) in [6, 6.07) is 0.761. The molecule has 0 atom stereocenters. The number of amides is 1. The third-order valence-corrected chi connectivity index (χ3v) is 7.87. The molecule has 0 unspecified atom stereocenters. The first-order valence-corrected chi connectivity index (χ1v) is 12.2. The number of anilines is 2. The van der Waals surface area contributed by atoms with Crippen LogP contribution in [0.2, 0.25) is 0 Å². The molecule has 0 N–H and O–H groups in total. The van der Waals surface area contributed by atoms with Crippen LogP contribution >= 0.6 is 11.3 Å². The van der Waals surface area contributed by atoms with Crippen LogP contribution in [0.5, 0.6) is 0 Å². The van der Waals surface area contributed by atoms with E-state index in [1.54, 1.807) is 11.3 Å². The zero-order valence-corrected chi connectivity index (χ0v) is 18.4. The highest BCUT2D eigenvalue weighted by Gasteiger charge is 2.31. The molecule has 0 bridgehead atoms. The summed E-state index contributed by atoms with van der Waals surface area (Å²) in [5.74, 6) is 0. The Balaban J connectivity index is 1.05. The summed E-state index contributed by atoms with van der Waals surface area (Å²) in [6.07, 6.45) is 5.58. The predicted molar refractivity (Wildman–Crippen MR) is 115 cm³/mol. The van der Waals surface area contributed by atoms with Gasteiger partial charge >= 0.3 is 6.09 Å². The maximum Gasteiger partial charge on any atom is 0.410 e. The number of hydrogen-bond acceptors (Lipinski definition) is 9. The number of aromatic nitrogens is 2. The van der Waals surface area contributed by atoms with Crippen LogP contribution in [0.25, 0.3) is 0 Å². The molecule has 5 rings (SSSR count). The molecule has 10 heteroatoms. The van der Waals surface area contributed by atoms with Gasteiger partial charge in [0.05, 0.1) is 13.2 Å². The van der Waals surface area contributed by atoms with Gasteiger partial charge < -0.3 is 24.2 Å². The fourth-order valence-electron chi connectivity index (χ4n) is 4.62. The van der Waals surface area contributed by atoms with Crippen molar-refractivity contribution < 1.29 is 14.3 Å². The smallest absolute Gasteiger partial charge is 0.410 e. The predicted octanol–water partition coefficient (Wildman–Crippen LogP) is 1.65. The summed E-state index contributed by atoms with van der Waals surface area (Å²) >= 11 is 1.65. The second kappa shape index (κ2) is 9.23. The zero-order valence-electron chi connectivity index (χ0n) is 17.6. The van der Waals surface area contributed by atoms with Crippen molar-refractivity contribution in [1.82, 2.24) is 20.0 Å². The van der Waals surface area contributed by atoms with Crippen molar-refractivity contribution in [2.75, 3.05) is 75.4 Å². The van der Waals surface area contributed by atoms with E-state index in [1.807, 2.05) is 4.90 Å². The quantitative estimate of drug-likeness (QED) is 0.706. The molecule has 1 aromatic heterocycles. The summed E-state index contributed by atoms with van der Waals surface area (Å²) in [6.45, 7) is 8.52. The molecule has 0 radical (unpaired) electrons. The van der Waals surface area contributed by atoms with E-state index >= 15 is 0 Å². The van der Waals surface area contributed by atoms with Gasteiger partial charge in [-0.3, -0.25) is 4.90 Å². The van der Waals surface area contributed by atoms with Crippen LogP contribution in [0.1, 0.15) is 32.1 Å². The molecule has 4 fully saturated rings. The highest BCUT2D eigenvalue weighted by molar-refractivity contribution is 7.19. The number of piperazine rings is 1. The molecular formula is C20H32N6O3S. The largest absolute Gasteiger partial charge is 0.446 e. The van der Waals surface area contributed by atoms with E-state index in [-0.39, 0.29) is 12.2 Å². The van der Waals surface area contributed by atoms with Crippen LogP contribution in [-0.4, -0.2) is 104 Å². The molecule has 1 amide bonds. The number of nitrogens with zero attached hydrogens (tertiary/aromatic N) is 6. The standard InChI is InChI=1S/C20H32N6O3S/c27-20(26-10-8-23(9-11-26)16-2-1-3-16)29-17-4-6-24(7-5-17)18-21-22-19(30-18)25-12-14-28-15-13-25/h16-17H,1-15H2. The third-order valence-electron chi connectivity index (χ3n) is 6.83. The van der Waals surface area contributed by atoms with Gasteiger partial charge in [0.1, 0.15) is 6.10 Å². The maximum atomic E-state index is 12.6. The number of hydrogen-bond donors (Lipinski definition) is 0. The molecule has 4 heterocycles. The Labute approximate surface area is 181 Å². The summed E-state index contributed by atoms with van der Waals surface area (Å²) in [5.41, 5.74) is 0. The highest BCUT2D eigenvalue weighted by atomic mass is 32.1. The lowest BCUT2D eigenvalue weighted by Gasteiger charge is -2.43. The Bertz CT molecular complexity index is 707. The van der Waals surface area contributed by atoms with Crippen molar-refractivity contribution in [3.63, 3.8) is 0 Å². The molecule has 30 heavy (non-hydrogen) atoms. The summed E-state index contributed by atoms with van der Waals surface area (Å²) in [5, 5.41) is 10.7. The summed E-state index contributed by atoms with van der Waals surface area (Å²) in [4.78, 5) is 21.5. The fourth-order valence-corrected chi connectivity index (χ4v) is 5.57. The number of piperidine rings is 1. The molecule has 0 spiro atoms. The summed E-state index contributed by atoms with van der Waals surface area (Å²) in [7, 11) is 0. The van der Waals surface area contributed by atoms with Crippen molar-refractivity contribution in [3.8, 4) is 0 Å². The second-order valence-corrected chi connectivity index (χ2v) is 9.58. The Morgan fingerprint density at radius 2 is 1.50 bits per heavy atom. The van der Waals surface area contributed by atoms with Crippen LogP contribution < -0.4 is 9.80 Å². The van der Waals surface area contributed by atoms with Gasteiger partial charge in [0.15, 0.2) is 0 Å². The number of carbonyl (C=O) groups excluding carboxylic acids is 1. The van der Waals surface area contributed by atoms with Gasteiger partial charge in [0.2, 0.25) is 10.3 Å². The molecule has 166 valence electrons. The molecule has 1 saturated carbocycles. The van der Waals surface area contributed by atoms with E-state index in [0.29, 0.717) is 0 Å². The second-order valence-electron chi connectivity index (χ2n) is 8.64. The molecule has 0 aromatic carbocycles. The lowest BCUT2D eigenvalue weighted by Crippen LogP contribution is -2.54. The third kappa shape index (κ3) is 4.50. The van der Waals surface area contributed by atoms with E-state index in [4.69, 9.17) is 9.47 Å². The lowest BCUT2D eigenvalue weighted by atomic mass is 9.91. The minimum Gasteiger partial charge on any atom is -0.446 e. The van der Waals surface area contributed by atoms with Gasteiger partial charge in [-0.05, 0) is 12.8 Å². The van der Waals surface area contributed by atoms with Gasteiger partial charge in [0, 0.05) is 71.2 Å². The first-order valence-electron chi connectivity index (χ1n) is 11.4. The van der Waals surface area contributed by atoms with E-state index in [0.717, 1.165) is 94.7 Å². The van der Waals surface area contributed by atoms with E-state index in [9.17, 15) is 4.79 Å². The van der Waals surface area contributed by atoms with Crippen molar-refractivity contribution in [2.45, 2.75) is 44.2 Å². The normalized spacial score (nSPS) is 24.7. The number of ether oxygens (including phenoxy) is 2. The first kappa shape index (κ1) is 20.3. The molecule has 1 aliphatic carbocycles. The average molecular weight is 437 g/mol. The van der Waals surface area contributed by atoms with Crippen molar-refractivity contribution in [2.24, 2.45) is 0 Å². The monoisotopic (exact) mass is 436 g/mol. The van der Waals surface area contributed by atoms with E-state index < -0.39 is 0 Å². The van der Waals surface area contributed by atoms with Crippen LogP contribution in [0, 0.1) is 0 Å². The van der Waals surface area contributed by atoms with Crippen LogP contribution in [-0.2, 0) is 9.47 Å². The van der Waals surface area contributed by atoms with E-state index in [1.165, 1.54) is 19.3 Å². The molecule has 1 aromatic rings. The molecule has 9 nitrogen and oxygen atoms in total. The van der Waals surface area contributed by atoms with Crippen molar-refractivity contribution >= 4 is 27.7 Å². The highest BCUT2D eigenvalue weighted by Crippen LogP contribution is 2.30. The minimum atomic E-state index is -0.132. The molecule has 3 aliphatic heterocycles. The fraction of sp³-hybridized carbons (Fsp3) is 0.850. The SMILES string of the molecule is O=C(OC1CCN(c2nnc(N3CCOCC3)s2)CC1)N1CCN(C2CCC2)CC1. The van der Waals surface area contributed by atoms with Gasteiger partial charge in [-0.1, -0.05) is 17.8 Å². The van der Waals surface area contributed by atoms with Gasteiger partial charge in [0.25, 0.3) is 0 Å². The Kier molecular flexibility index (Phi) is 6.24. The zero-order chi connectivity index (χ0) is 20.3. The van der Waals surface area contributed by atoms with Gasteiger partial charge in [-0.2, -0.15) is 0 Å². The van der Waals surface area contributed by atoms with Crippen molar-refractivity contribution in [1.29, 1.82) is 0 Å². The number of rotatable bonds is 4. The molecule has 3 saturated heterocycles. The number of carbonyl (C=O) groups is 1. The minimum absolute atomic E-state index is 0.00467. The lowest BCUT2D eigenvalue weighted by molar-refractivity contribution is 0.0230. The molecular weight excluding hydrogens is 404 g/mol. The van der Waals surface area contributed by atoms with Crippen LogP contribution in [0.4, 0.5) is 15.1 Å². The number of morpholine rings is 1. The average Bonchev–Trinajstić information content (AvgIpc) is 3.24. The Hall–Kier alpha value is -1.65. The van der Waals surface area contributed by atoms with Crippen molar-refractivity contribution in [3.05, 3.63) is 0 Å². The summed E-state index contributed by atoms with van der Waals surface area (Å²) < 4.78 is 11.3. The maximum absolute atomic E-state index is 12.6. The first-order chi connectivity index (χ1) is 14.8. The van der Waals surface area contributed by atoms with Crippen LogP contribution in [0.3, 0.4) is 0 Å². The molecule has 4 aliphatic rings. The van der Waals surface area contributed by atoms with Gasteiger partial charge in [-0.25, -0.2) is 4.79 Å². The Morgan fingerprint density at radius 1 is 0.867 bits per heavy atom. The van der Waals surface area contributed by atoms with Crippen LogP contribution in [0.15, 0.2) is 0 Å².